The smallest absolute Gasteiger partial charge is 0.240 e. The van der Waals surface area contributed by atoms with Crippen molar-refractivity contribution in [3.8, 4) is 0 Å². The molecule has 0 atom stereocenters. The molecule has 0 spiro atoms. The normalized spacial score (nSPS) is 10.1. The average molecular weight is 303 g/mol. The molecule has 0 heterocycles. The number of halogens is 2. The summed E-state index contributed by atoms with van der Waals surface area (Å²) in [7, 11) is 0. The molecule has 0 aliphatic heterocycles. The lowest BCUT2D eigenvalue weighted by Gasteiger charge is -2.22. The van der Waals surface area contributed by atoms with Crippen LogP contribution in [0.1, 0.15) is 20.3 Å². The van der Waals surface area contributed by atoms with E-state index in [0.717, 1.165) is 6.42 Å². The van der Waals surface area contributed by atoms with E-state index >= 15 is 0 Å². The number of nitrogens with zero attached hydrogens (tertiary/aromatic N) is 1. The summed E-state index contributed by atoms with van der Waals surface area (Å²) in [5.41, 5.74) is 0.438. The lowest BCUT2D eigenvalue weighted by atomic mass is 10.2. The first-order valence-corrected chi connectivity index (χ1v) is 6.71. The van der Waals surface area contributed by atoms with Crippen LogP contribution >= 0.6 is 23.2 Å². The zero-order valence-electron chi connectivity index (χ0n) is 10.9. The molecule has 0 saturated carbocycles. The third kappa shape index (κ3) is 4.73. The maximum atomic E-state index is 11.7. The number of hydrogen-bond donors (Lipinski definition) is 1. The topological polar surface area (TPSA) is 49.4 Å². The Morgan fingerprint density at radius 3 is 2.58 bits per heavy atom. The van der Waals surface area contributed by atoms with Gasteiger partial charge in [0.1, 0.15) is 6.54 Å². The van der Waals surface area contributed by atoms with Crippen LogP contribution in [0.2, 0.25) is 10.0 Å². The van der Waals surface area contributed by atoms with Gasteiger partial charge in [0, 0.05) is 18.5 Å². The van der Waals surface area contributed by atoms with Gasteiger partial charge in [0.25, 0.3) is 0 Å². The number of carbonyl (C=O) groups is 2. The summed E-state index contributed by atoms with van der Waals surface area (Å²) in [6.45, 7) is 3.84. The van der Waals surface area contributed by atoms with Crippen molar-refractivity contribution in [2.45, 2.75) is 20.3 Å². The van der Waals surface area contributed by atoms with Crippen LogP contribution in [0.5, 0.6) is 0 Å². The fourth-order valence-electron chi connectivity index (χ4n) is 1.52. The molecule has 0 bridgehead atoms. The van der Waals surface area contributed by atoms with E-state index in [4.69, 9.17) is 23.2 Å². The highest BCUT2D eigenvalue weighted by atomic mass is 35.5. The van der Waals surface area contributed by atoms with Crippen molar-refractivity contribution in [3.63, 3.8) is 0 Å². The lowest BCUT2D eigenvalue weighted by Crippen LogP contribution is -2.40. The Bertz CT molecular complexity index is 478. The van der Waals surface area contributed by atoms with Gasteiger partial charge in [-0.25, -0.2) is 0 Å². The van der Waals surface area contributed by atoms with Crippen LogP contribution in [0.25, 0.3) is 0 Å². The van der Waals surface area contributed by atoms with Gasteiger partial charge in [0.2, 0.25) is 11.8 Å². The van der Waals surface area contributed by atoms with Crippen molar-refractivity contribution in [2.75, 3.05) is 18.0 Å². The first kappa shape index (κ1) is 15.8. The van der Waals surface area contributed by atoms with Crippen LogP contribution in [-0.2, 0) is 9.59 Å². The van der Waals surface area contributed by atoms with Gasteiger partial charge in [-0.3, -0.25) is 9.59 Å². The summed E-state index contributed by atoms with van der Waals surface area (Å²) in [4.78, 5) is 24.7. The Morgan fingerprint density at radius 2 is 2.00 bits per heavy atom. The average Bonchev–Trinajstić information content (AvgIpc) is 2.36. The van der Waals surface area contributed by atoms with Crippen LogP contribution in [0.15, 0.2) is 18.2 Å². The van der Waals surface area contributed by atoms with Gasteiger partial charge >= 0.3 is 0 Å². The Balaban J connectivity index is 2.91. The number of anilines is 1. The maximum absolute atomic E-state index is 11.7. The minimum absolute atomic E-state index is 0.0740. The summed E-state index contributed by atoms with van der Waals surface area (Å²) in [6, 6.07) is 4.79. The van der Waals surface area contributed by atoms with Crippen molar-refractivity contribution in [3.05, 3.63) is 28.2 Å². The largest absolute Gasteiger partial charge is 0.355 e. The predicted octanol–water partition coefficient (Wildman–Crippen LogP) is 2.87. The molecule has 1 rings (SSSR count). The van der Waals surface area contributed by atoms with Gasteiger partial charge in [-0.2, -0.15) is 0 Å². The van der Waals surface area contributed by atoms with Crippen LogP contribution in [0.4, 0.5) is 5.69 Å². The molecule has 0 aromatic heterocycles. The Hall–Kier alpha value is -1.26. The number of amides is 2. The van der Waals surface area contributed by atoms with Gasteiger partial charge < -0.3 is 10.2 Å². The summed E-state index contributed by atoms with van der Waals surface area (Å²) >= 11 is 11.9. The molecular weight excluding hydrogens is 287 g/mol. The highest BCUT2D eigenvalue weighted by molar-refractivity contribution is 6.35. The molecule has 0 radical (unpaired) electrons. The molecule has 0 saturated heterocycles. The molecule has 4 nitrogen and oxygen atoms in total. The molecule has 1 aromatic rings. The quantitative estimate of drug-likeness (QED) is 0.909. The molecule has 1 N–H and O–H groups in total. The lowest BCUT2D eigenvalue weighted by molar-refractivity contribution is -0.123. The van der Waals surface area contributed by atoms with Gasteiger partial charge in [-0.1, -0.05) is 30.1 Å². The number of nitrogens with one attached hydrogen (secondary N) is 1. The van der Waals surface area contributed by atoms with E-state index in [2.05, 4.69) is 5.32 Å². The van der Waals surface area contributed by atoms with E-state index in [9.17, 15) is 9.59 Å². The number of carbonyl (C=O) groups excluding carboxylic acids is 2. The minimum Gasteiger partial charge on any atom is -0.355 e. The SMILES string of the molecule is CCCNC(=O)CN(C(C)=O)c1cc(Cl)ccc1Cl. The third-order valence-electron chi connectivity index (χ3n) is 2.45. The first-order chi connectivity index (χ1) is 8.95. The van der Waals surface area contributed by atoms with Gasteiger partial charge in [0.05, 0.1) is 10.7 Å². The fraction of sp³-hybridized carbons (Fsp3) is 0.385. The van der Waals surface area contributed by atoms with Crippen molar-refractivity contribution in [1.29, 1.82) is 0 Å². The zero-order valence-corrected chi connectivity index (χ0v) is 12.4. The molecule has 19 heavy (non-hydrogen) atoms. The van der Waals surface area contributed by atoms with Crippen molar-refractivity contribution >= 4 is 40.7 Å². The van der Waals surface area contributed by atoms with E-state index in [1.807, 2.05) is 6.92 Å². The molecule has 1 aromatic carbocycles. The molecule has 0 aliphatic rings. The van der Waals surface area contributed by atoms with Crippen molar-refractivity contribution in [1.82, 2.24) is 5.32 Å². The second-order valence-electron chi connectivity index (χ2n) is 4.05. The molecule has 0 aliphatic carbocycles. The van der Waals surface area contributed by atoms with E-state index in [1.165, 1.54) is 11.8 Å². The Morgan fingerprint density at radius 1 is 1.32 bits per heavy atom. The molecule has 0 fully saturated rings. The third-order valence-corrected chi connectivity index (χ3v) is 3.01. The predicted molar refractivity (Wildman–Crippen MR) is 77.8 cm³/mol. The molecule has 6 heteroatoms. The second-order valence-corrected chi connectivity index (χ2v) is 4.89. The minimum atomic E-state index is -0.268. The van der Waals surface area contributed by atoms with E-state index in [0.29, 0.717) is 22.3 Å². The monoisotopic (exact) mass is 302 g/mol. The standard InChI is InChI=1S/C13H16Cl2N2O2/c1-3-6-16-13(19)8-17(9(2)18)12-7-10(14)4-5-11(12)15/h4-5,7H,3,6,8H2,1-2H3,(H,16,19). The highest BCUT2D eigenvalue weighted by Gasteiger charge is 2.18. The Kier molecular flexibility index (Phi) is 6.12. The summed E-state index contributed by atoms with van der Waals surface area (Å²) in [6.07, 6.45) is 0.837. The Labute approximate surface area is 122 Å². The zero-order chi connectivity index (χ0) is 14.4. The molecule has 0 unspecified atom stereocenters. The molecule has 104 valence electrons. The van der Waals surface area contributed by atoms with Gasteiger partial charge in [-0.15, -0.1) is 0 Å². The van der Waals surface area contributed by atoms with Crippen LogP contribution in [0.3, 0.4) is 0 Å². The summed E-state index contributed by atoms with van der Waals surface area (Å²) in [5.74, 6) is -0.496. The van der Waals surface area contributed by atoms with Crippen LogP contribution in [0, 0.1) is 0 Å². The number of benzene rings is 1. The fourth-order valence-corrected chi connectivity index (χ4v) is 1.91. The van der Waals surface area contributed by atoms with Crippen molar-refractivity contribution < 1.29 is 9.59 Å². The first-order valence-electron chi connectivity index (χ1n) is 5.95. The van der Waals surface area contributed by atoms with E-state index < -0.39 is 0 Å². The molecule has 2 amide bonds. The highest BCUT2D eigenvalue weighted by Crippen LogP contribution is 2.29. The van der Waals surface area contributed by atoms with Crippen molar-refractivity contribution in [2.24, 2.45) is 0 Å². The van der Waals surface area contributed by atoms with Crippen LogP contribution < -0.4 is 10.2 Å². The van der Waals surface area contributed by atoms with Gasteiger partial charge in [0.15, 0.2) is 0 Å². The summed E-state index contributed by atoms with van der Waals surface area (Å²) in [5, 5.41) is 3.55. The number of hydrogen-bond acceptors (Lipinski definition) is 2. The number of rotatable bonds is 5. The van der Waals surface area contributed by atoms with Crippen LogP contribution in [-0.4, -0.2) is 24.9 Å². The van der Waals surface area contributed by atoms with E-state index in [-0.39, 0.29) is 18.4 Å². The second kappa shape index (κ2) is 7.36. The maximum Gasteiger partial charge on any atom is 0.240 e. The molecular formula is C13H16Cl2N2O2. The summed E-state index contributed by atoms with van der Waals surface area (Å²) < 4.78 is 0. The van der Waals surface area contributed by atoms with Gasteiger partial charge in [-0.05, 0) is 24.6 Å². The van der Waals surface area contributed by atoms with E-state index in [1.54, 1.807) is 18.2 Å².